The molecular formula is C28H32Cl2N8O4S. The summed E-state index contributed by atoms with van der Waals surface area (Å²) in [5.74, 6) is -0.146. The zero-order chi connectivity index (χ0) is 31.2. The van der Waals surface area contributed by atoms with E-state index in [1.807, 2.05) is 37.7 Å². The van der Waals surface area contributed by atoms with E-state index in [4.69, 9.17) is 28.2 Å². The molecule has 0 aliphatic carbocycles. The van der Waals surface area contributed by atoms with E-state index in [0.717, 1.165) is 35.9 Å². The number of carbonyl (C=O) groups is 1. The van der Waals surface area contributed by atoms with Gasteiger partial charge in [-0.05, 0) is 50.5 Å². The average molecular weight is 648 g/mol. The number of nitrogens with zero attached hydrogens (tertiary/aromatic N) is 6. The van der Waals surface area contributed by atoms with Gasteiger partial charge in [0, 0.05) is 44.9 Å². The molecule has 1 aliphatic rings. The second-order valence-electron chi connectivity index (χ2n) is 10.9. The number of hydrogen-bond acceptors (Lipinski definition) is 9. The fourth-order valence-corrected chi connectivity index (χ4v) is 6.43. The van der Waals surface area contributed by atoms with Crippen molar-refractivity contribution in [1.29, 1.82) is 0 Å². The second kappa shape index (κ2) is 11.8. The van der Waals surface area contributed by atoms with Gasteiger partial charge in [-0.2, -0.15) is 5.10 Å². The molecule has 4 aromatic rings. The standard InChI is InChI=1S/C28H32Cl2N8O4S/c1-15-12-18(16(2)31-21-6-7-22(30)32-25(21)26(39)35-43(5,41)42)24-19(13-15)27(40)37(4)28(33-24)38-10-8-17(9-11-38)23-20(29)14-36(3)34-23/h6-7,12-14,16-17,31H,8-11H2,1-5H3,(H,35,39)/t16-/m1/s1. The largest absolute Gasteiger partial charge is 0.377 e. The summed E-state index contributed by atoms with van der Waals surface area (Å²) >= 11 is 12.4. The predicted molar refractivity (Wildman–Crippen MR) is 168 cm³/mol. The molecule has 1 aromatic carbocycles. The Kier molecular flexibility index (Phi) is 8.43. The van der Waals surface area contributed by atoms with Crippen LogP contribution in [-0.4, -0.2) is 58.0 Å². The lowest BCUT2D eigenvalue weighted by atomic mass is 9.94. The quantitative estimate of drug-likeness (QED) is 0.285. The number of aromatic nitrogens is 5. The summed E-state index contributed by atoms with van der Waals surface area (Å²) in [6.45, 7) is 5.11. The molecule has 5 rings (SSSR count). The molecular weight excluding hydrogens is 615 g/mol. The summed E-state index contributed by atoms with van der Waals surface area (Å²) in [5, 5.41) is 8.94. The van der Waals surface area contributed by atoms with E-state index in [1.165, 1.54) is 6.07 Å². The van der Waals surface area contributed by atoms with Gasteiger partial charge in [-0.3, -0.25) is 18.8 Å². The first-order valence-corrected chi connectivity index (χ1v) is 16.3. The zero-order valence-electron chi connectivity index (χ0n) is 24.4. The van der Waals surface area contributed by atoms with Crippen LogP contribution in [0.15, 0.2) is 35.3 Å². The highest BCUT2D eigenvalue weighted by atomic mass is 35.5. The van der Waals surface area contributed by atoms with E-state index < -0.39 is 22.0 Å². The number of aryl methyl sites for hydroxylation is 2. The van der Waals surface area contributed by atoms with Gasteiger partial charge in [-0.15, -0.1) is 0 Å². The van der Waals surface area contributed by atoms with E-state index in [-0.39, 0.29) is 28.0 Å². The first kappa shape index (κ1) is 30.8. The first-order valence-electron chi connectivity index (χ1n) is 13.6. The molecule has 0 saturated carbocycles. The van der Waals surface area contributed by atoms with E-state index in [0.29, 0.717) is 35.0 Å². The summed E-state index contributed by atoms with van der Waals surface area (Å²) in [4.78, 5) is 37.5. The number of carbonyl (C=O) groups excluding carboxylic acids is 1. The monoisotopic (exact) mass is 646 g/mol. The maximum absolute atomic E-state index is 13.6. The molecule has 1 aliphatic heterocycles. The Morgan fingerprint density at radius 2 is 1.81 bits per heavy atom. The van der Waals surface area contributed by atoms with Crippen molar-refractivity contribution in [3.8, 4) is 0 Å². The van der Waals surface area contributed by atoms with Crippen LogP contribution in [-0.2, 0) is 24.1 Å². The van der Waals surface area contributed by atoms with Gasteiger partial charge in [0.05, 0.1) is 39.6 Å². The van der Waals surface area contributed by atoms with Gasteiger partial charge in [-0.1, -0.05) is 29.3 Å². The number of pyridine rings is 1. The summed E-state index contributed by atoms with van der Waals surface area (Å²) in [7, 11) is -0.260. The summed E-state index contributed by atoms with van der Waals surface area (Å²) in [6.07, 6.45) is 4.30. The summed E-state index contributed by atoms with van der Waals surface area (Å²) < 4.78 is 28.6. The maximum atomic E-state index is 13.6. The third-order valence-electron chi connectivity index (χ3n) is 7.50. The van der Waals surface area contributed by atoms with Gasteiger partial charge >= 0.3 is 0 Å². The van der Waals surface area contributed by atoms with Crippen molar-refractivity contribution in [2.75, 3.05) is 29.6 Å². The zero-order valence-corrected chi connectivity index (χ0v) is 26.7. The fraction of sp³-hybridized carbons (Fsp3) is 0.393. The minimum absolute atomic E-state index is 0.0294. The molecule has 0 spiro atoms. The molecule has 0 unspecified atom stereocenters. The summed E-state index contributed by atoms with van der Waals surface area (Å²) in [6, 6.07) is 6.34. The number of hydrogen-bond donors (Lipinski definition) is 2. The minimum atomic E-state index is -3.83. The highest BCUT2D eigenvalue weighted by molar-refractivity contribution is 7.89. The van der Waals surface area contributed by atoms with Crippen molar-refractivity contribution in [3.63, 3.8) is 0 Å². The van der Waals surface area contributed by atoms with Gasteiger partial charge in [0.15, 0.2) is 5.69 Å². The van der Waals surface area contributed by atoms with Gasteiger partial charge < -0.3 is 10.2 Å². The van der Waals surface area contributed by atoms with Crippen molar-refractivity contribution in [2.24, 2.45) is 14.1 Å². The van der Waals surface area contributed by atoms with Crippen LogP contribution < -0.4 is 20.5 Å². The third-order valence-corrected chi connectivity index (χ3v) is 8.56. The number of anilines is 2. The lowest BCUT2D eigenvalue weighted by molar-refractivity contribution is 0.0977. The van der Waals surface area contributed by atoms with Crippen LogP contribution in [0.3, 0.4) is 0 Å². The average Bonchev–Trinajstić information content (AvgIpc) is 3.28. The molecule has 15 heteroatoms. The number of nitrogens with one attached hydrogen (secondary N) is 2. The second-order valence-corrected chi connectivity index (χ2v) is 13.5. The third kappa shape index (κ3) is 6.48. The Morgan fingerprint density at radius 1 is 1.12 bits per heavy atom. The Bertz CT molecular complexity index is 1900. The van der Waals surface area contributed by atoms with Crippen molar-refractivity contribution < 1.29 is 13.2 Å². The smallest absolute Gasteiger partial charge is 0.285 e. The van der Waals surface area contributed by atoms with E-state index in [9.17, 15) is 18.0 Å². The van der Waals surface area contributed by atoms with Gasteiger partial charge in [0.1, 0.15) is 5.15 Å². The molecule has 0 bridgehead atoms. The normalized spacial score (nSPS) is 15.1. The number of benzene rings is 1. The summed E-state index contributed by atoms with van der Waals surface area (Å²) in [5.41, 5.74) is 2.93. The van der Waals surface area contributed by atoms with E-state index in [2.05, 4.69) is 20.3 Å². The van der Waals surface area contributed by atoms with Gasteiger partial charge in [-0.25, -0.2) is 23.1 Å². The molecule has 4 heterocycles. The van der Waals surface area contributed by atoms with Crippen LogP contribution in [0.1, 0.15) is 59.0 Å². The first-order chi connectivity index (χ1) is 20.2. The molecule has 3 aromatic heterocycles. The van der Waals surface area contributed by atoms with Crippen LogP contribution in [0.25, 0.3) is 10.9 Å². The number of amides is 1. The van der Waals surface area contributed by atoms with Crippen LogP contribution in [0, 0.1) is 6.92 Å². The van der Waals surface area contributed by atoms with Crippen LogP contribution in [0.4, 0.5) is 11.6 Å². The molecule has 228 valence electrons. The fourth-order valence-electron chi connectivity index (χ4n) is 5.51. The molecule has 1 atom stereocenters. The predicted octanol–water partition coefficient (Wildman–Crippen LogP) is 3.92. The Balaban J connectivity index is 1.49. The van der Waals surface area contributed by atoms with Crippen molar-refractivity contribution in [2.45, 2.75) is 38.6 Å². The van der Waals surface area contributed by atoms with Crippen LogP contribution in [0.5, 0.6) is 0 Å². The number of rotatable bonds is 7. The highest BCUT2D eigenvalue weighted by Crippen LogP contribution is 2.34. The Labute approximate surface area is 259 Å². The van der Waals surface area contributed by atoms with Gasteiger partial charge in [0.25, 0.3) is 11.5 Å². The number of halogens is 2. The Hall–Kier alpha value is -3.68. The van der Waals surface area contributed by atoms with Crippen molar-refractivity contribution in [3.05, 3.63) is 73.5 Å². The maximum Gasteiger partial charge on any atom is 0.285 e. The molecule has 2 N–H and O–H groups in total. The van der Waals surface area contributed by atoms with Crippen LogP contribution >= 0.6 is 23.2 Å². The van der Waals surface area contributed by atoms with Crippen molar-refractivity contribution >= 4 is 61.7 Å². The molecule has 43 heavy (non-hydrogen) atoms. The molecule has 1 saturated heterocycles. The number of piperidine rings is 1. The highest BCUT2D eigenvalue weighted by Gasteiger charge is 2.28. The van der Waals surface area contributed by atoms with Crippen molar-refractivity contribution in [1.82, 2.24) is 29.0 Å². The lowest BCUT2D eigenvalue weighted by Gasteiger charge is -2.33. The Morgan fingerprint density at radius 3 is 2.44 bits per heavy atom. The van der Waals surface area contributed by atoms with E-state index >= 15 is 0 Å². The number of fused-ring (bicyclic) bond motifs is 1. The lowest BCUT2D eigenvalue weighted by Crippen LogP contribution is -2.38. The molecule has 0 radical (unpaired) electrons. The van der Waals surface area contributed by atoms with E-state index in [1.54, 1.807) is 28.6 Å². The topological polar surface area (TPSA) is 144 Å². The molecule has 12 nitrogen and oxygen atoms in total. The van der Waals surface area contributed by atoms with Gasteiger partial charge in [0.2, 0.25) is 16.0 Å². The van der Waals surface area contributed by atoms with Crippen LogP contribution in [0.2, 0.25) is 10.2 Å². The minimum Gasteiger partial charge on any atom is -0.377 e. The SMILES string of the molecule is Cc1cc([C@@H](C)Nc2ccc(Cl)nc2C(=O)NS(C)(=O)=O)c2nc(N3CCC(c4nn(C)cc4Cl)CC3)n(C)c(=O)c2c1. The molecule has 1 amide bonds. The molecule has 1 fully saturated rings. The number of sulfonamides is 1.